The van der Waals surface area contributed by atoms with E-state index in [0.717, 1.165) is 0 Å². The van der Waals surface area contributed by atoms with Gasteiger partial charge in [-0.25, -0.2) is 4.79 Å². The summed E-state index contributed by atoms with van der Waals surface area (Å²) in [6.45, 7) is 0. The van der Waals surface area contributed by atoms with Crippen molar-refractivity contribution in [2.75, 3.05) is 5.73 Å². The molecule has 0 saturated heterocycles. The number of hydrogen-bond acceptors (Lipinski definition) is 5. The van der Waals surface area contributed by atoms with Crippen LogP contribution in [0.3, 0.4) is 0 Å². The van der Waals surface area contributed by atoms with Crippen molar-refractivity contribution in [2.45, 2.75) is 0 Å². The van der Waals surface area contributed by atoms with Crippen molar-refractivity contribution in [2.24, 2.45) is 0 Å². The van der Waals surface area contributed by atoms with Crippen LogP contribution in [-0.2, 0) is 0 Å². The third kappa shape index (κ3) is 1.96. The molecule has 1 aromatic carbocycles. The van der Waals surface area contributed by atoms with Crippen molar-refractivity contribution in [3.05, 3.63) is 42.1 Å². The van der Waals surface area contributed by atoms with Gasteiger partial charge in [-0.3, -0.25) is 0 Å². The van der Waals surface area contributed by atoms with E-state index in [0.29, 0.717) is 5.75 Å². The zero-order valence-corrected chi connectivity index (χ0v) is 7.71. The maximum atomic E-state index is 11.5. The van der Waals surface area contributed by atoms with Gasteiger partial charge in [0.25, 0.3) is 0 Å². The second kappa shape index (κ2) is 3.83. The second-order valence-electron chi connectivity index (χ2n) is 2.81. The SMILES string of the molecule is Nc1oncc1C(=O)Oc1ccccc1. The Morgan fingerprint density at radius 3 is 2.67 bits per heavy atom. The lowest BCUT2D eigenvalue weighted by Crippen LogP contribution is -2.09. The summed E-state index contributed by atoms with van der Waals surface area (Å²) < 4.78 is 9.57. The first-order chi connectivity index (χ1) is 7.27. The molecule has 0 saturated carbocycles. The van der Waals surface area contributed by atoms with E-state index in [1.165, 1.54) is 6.20 Å². The smallest absolute Gasteiger partial charge is 0.350 e. The molecule has 15 heavy (non-hydrogen) atoms. The van der Waals surface area contributed by atoms with Gasteiger partial charge in [0.05, 0.1) is 6.20 Å². The highest BCUT2D eigenvalue weighted by Gasteiger charge is 2.15. The van der Waals surface area contributed by atoms with E-state index >= 15 is 0 Å². The zero-order chi connectivity index (χ0) is 10.7. The van der Waals surface area contributed by atoms with E-state index in [1.807, 2.05) is 6.07 Å². The molecule has 0 bridgehead atoms. The number of carbonyl (C=O) groups is 1. The number of ether oxygens (including phenoxy) is 1. The van der Waals surface area contributed by atoms with Gasteiger partial charge in [-0.1, -0.05) is 23.4 Å². The average Bonchev–Trinajstić information content (AvgIpc) is 2.66. The summed E-state index contributed by atoms with van der Waals surface area (Å²) in [6.07, 6.45) is 1.22. The Morgan fingerprint density at radius 1 is 1.33 bits per heavy atom. The van der Waals surface area contributed by atoms with E-state index in [1.54, 1.807) is 24.3 Å². The van der Waals surface area contributed by atoms with Gasteiger partial charge >= 0.3 is 5.97 Å². The number of rotatable bonds is 2. The van der Waals surface area contributed by atoms with Crippen LogP contribution in [0.1, 0.15) is 10.4 Å². The zero-order valence-electron chi connectivity index (χ0n) is 7.71. The van der Waals surface area contributed by atoms with Crippen molar-refractivity contribution in [3.8, 4) is 5.75 Å². The highest BCUT2D eigenvalue weighted by molar-refractivity contribution is 5.94. The summed E-state index contributed by atoms with van der Waals surface area (Å²) >= 11 is 0. The number of para-hydroxylation sites is 1. The van der Waals surface area contributed by atoms with Gasteiger partial charge in [0, 0.05) is 0 Å². The fraction of sp³-hybridized carbons (Fsp3) is 0. The molecule has 0 unspecified atom stereocenters. The standard InChI is InChI=1S/C10H8N2O3/c11-9-8(6-12-15-9)10(13)14-7-4-2-1-3-5-7/h1-6H,11H2. The summed E-state index contributed by atoms with van der Waals surface area (Å²) in [7, 11) is 0. The van der Waals surface area contributed by atoms with Crippen molar-refractivity contribution in [3.63, 3.8) is 0 Å². The number of esters is 1. The molecule has 0 aliphatic rings. The number of benzene rings is 1. The van der Waals surface area contributed by atoms with Crippen LogP contribution in [0, 0.1) is 0 Å². The Morgan fingerprint density at radius 2 is 2.07 bits per heavy atom. The summed E-state index contributed by atoms with van der Waals surface area (Å²) in [6, 6.07) is 8.69. The number of anilines is 1. The Balaban J connectivity index is 2.15. The quantitative estimate of drug-likeness (QED) is 0.592. The first-order valence-corrected chi connectivity index (χ1v) is 4.25. The predicted molar refractivity (Wildman–Crippen MR) is 52.3 cm³/mol. The minimum atomic E-state index is -0.583. The van der Waals surface area contributed by atoms with Crippen LogP contribution in [0.15, 0.2) is 41.1 Å². The maximum Gasteiger partial charge on any atom is 0.350 e. The number of carbonyl (C=O) groups excluding carboxylic acids is 1. The van der Waals surface area contributed by atoms with Gasteiger partial charge in [0.1, 0.15) is 11.3 Å². The largest absolute Gasteiger partial charge is 0.423 e. The average molecular weight is 204 g/mol. The van der Waals surface area contributed by atoms with Gasteiger partial charge in [-0.05, 0) is 12.1 Å². The molecule has 0 spiro atoms. The molecule has 0 aliphatic carbocycles. The Hall–Kier alpha value is -2.30. The van der Waals surface area contributed by atoms with Crippen LogP contribution >= 0.6 is 0 Å². The Labute approximate surface area is 85.4 Å². The monoisotopic (exact) mass is 204 g/mol. The molecule has 1 aromatic heterocycles. The number of nitrogens with zero attached hydrogens (tertiary/aromatic N) is 1. The van der Waals surface area contributed by atoms with Crippen LogP contribution in [0.5, 0.6) is 5.75 Å². The molecule has 2 N–H and O–H groups in total. The molecule has 0 radical (unpaired) electrons. The summed E-state index contributed by atoms with van der Waals surface area (Å²) in [5, 5.41) is 3.38. The van der Waals surface area contributed by atoms with Gasteiger partial charge in [0.15, 0.2) is 0 Å². The summed E-state index contributed by atoms with van der Waals surface area (Å²) in [5.74, 6) is -0.181. The van der Waals surface area contributed by atoms with Crippen molar-refractivity contribution in [1.29, 1.82) is 0 Å². The van der Waals surface area contributed by atoms with E-state index in [9.17, 15) is 4.79 Å². The number of aromatic nitrogens is 1. The molecule has 0 amide bonds. The molecule has 5 nitrogen and oxygen atoms in total. The lowest BCUT2D eigenvalue weighted by atomic mass is 10.3. The molecular formula is C10H8N2O3. The minimum absolute atomic E-state index is 0.0454. The van der Waals surface area contributed by atoms with E-state index in [4.69, 9.17) is 10.5 Å². The molecule has 0 aliphatic heterocycles. The fourth-order valence-electron chi connectivity index (χ4n) is 1.05. The summed E-state index contributed by atoms with van der Waals surface area (Å²) in [5.41, 5.74) is 5.49. The van der Waals surface area contributed by atoms with Crippen LogP contribution in [0.4, 0.5) is 5.88 Å². The number of nitrogens with two attached hydrogens (primary N) is 1. The van der Waals surface area contributed by atoms with Crippen molar-refractivity contribution < 1.29 is 14.1 Å². The lowest BCUT2D eigenvalue weighted by molar-refractivity contribution is 0.0735. The third-order valence-electron chi connectivity index (χ3n) is 1.77. The van der Waals surface area contributed by atoms with Crippen molar-refractivity contribution >= 4 is 11.9 Å². The van der Waals surface area contributed by atoms with E-state index in [-0.39, 0.29) is 11.4 Å². The van der Waals surface area contributed by atoms with Crippen LogP contribution in [-0.4, -0.2) is 11.1 Å². The van der Waals surface area contributed by atoms with Gasteiger partial charge in [0.2, 0.25) is 5.88 Å². The molecule has 0 fully saturated rings. The molecule has 2 aromatic rings. The summed E-state index contributed by atoms with van der Waals surface area (Å²) in [4.78, 5) is 11.5. The second-order valence-corrected chi connectivity index (χ2v) is 2.81. The molecule has 76 valence electrons. The molecule has 2 rings (SSSR count). The fourth-order valence-corrected chi connectivity index (χ4v) is 1.05. The Kier molecular flexibility index (Phi) is 2.37. The predicted octanol–water partition coefficient (Wildman–Crippen LogP) is 1.48. The first kappa shape index (κ1) is 9.26. The maximum absolute atomic E-state index is 11.5. The Bertz CT molecular complexity index is 465. The van der Waals surface area contributed by atoms with Crippen LogP contribution in [0.25, 0.3) is 0 Å². The molecular weight excluding hydrogens is 196 g/mol. The van der Waals surface area contributed by atoms with Gasteiger partial charge < -0.3 is 15.0 Å². The molecule has 5 heteroatoms. The van der Waals surface area contributed by atoms with Gasteiger partial charge in [-0.2, -0.15) is 0 Å². The minimum Gasteiger partial charge on any atom is -0.423 e. The topological polar surface area (TPSA) is 78.4 Å². The number of hydrogen-bond donors (Lipinski definition) is 1. The van der Waals surface area contributed by atoms with Crippen LogP contribution in [0.2, 0.25) is 0 Å². The molecule has 0 atom stereocenters. The van der Waals surface area contributed by atoms with Gasteiger partial charge in [-0.15, -0.1) is 0 Å². The first-order valence-electron chi connectivity index (χ1n) is 4.25. The number of nitrogen functional groups attached to an aromatic ring is 1. The van der Waals surface area contributed by atoms with Crippen LogP contribution < -0.4 is 10.5 Å². The van der Waals surface area contributed by atoms with E-state index in [2.05, 4.69) is 9.68 Å². The highest BCUT2D eigenvalue weighted by Crippen LogP contribution is 2.15. The van der Waals surface area contributed by atoms with Crippen molar-refractivity contribution in [1.82, 2.24) is 5.16 Å². The normalized spacial score (nSPS) is 9.87. The molecule has 1 heterocycles. The lowest BCUT2D eigenvalue weighted by Gasteiger charge is -2.01. The van der Waals surface area contributed by atoms with E-state index < -0.39 is 5.97 Å². The highest BCUT2D eigenvalue weighted by atomic mass is 16.5. The third-order valence-corrected chi connectivity index (χ3v) is 1.77.